The molecule has 2 aromatic carbocycles. The van der Waals surface area contributed by atoms with Gasteiger partial charge in [-0.15, -0.1) is 0 Å². The van der Waals surface area contributed by atoms with E-state index in [-0.39, 0.29) is 0 Å². The van der Waals surface area contributed by atoms with Crippen molar-refractivity contribution in [3.63, 3.8) is 0 Å². The van der Waals surface area contributed by atoms with E-state index in [0.29, 0.717) is 53.6 Å². The van der Waals surface area contributed by atoms with E-state index in [1.165, 1.54) is 4.31 Å². The molecule has 1 fully saturated rings. The molecule has 168 valence electrons. The number of rotatable bonds is 6. The molecule has 0 amide bonds. The second-order valence-corrected chi connectivity index (χ2v) is 9.97. The van der Waals surface area contributed by atoms with Crippen molar-refractivity contribution in [1.29, 1.82) is 0 Å². The summed E-state index contributed by atoms with van der Waals surface area (Å²) in [6.07, 6.45) is 0. The topological polar surface area (TPSA) is 71.1 Å². The molecular weight excluding hydrogens is 434 g/mol. The quantitative estimate of drug-likeness (QED) is 0.657. The van der Waals surface area contributed by atoms with Gasteiger partial charge in [0, 0.05) is 50.1 Å². The molecule has 1 aliphatic heterocycles. The van der Waals surface area contributed by atoms with E-state index in [1.807, 2.05) is 29.2 Å². The van der Waals surface area contributed by atoms with Crippen LogP contribution in [0.15, 0.2) is 47.4 Å². The van der Waals surface area contributed by atoms with Crippen LogP contribution in [0.5, 0.6) is 11.5 Å². The van der Waals surface area contributed by atoms with Crippen LogP contribution >= 0.6 is 12.2 Å². The van der Waals surface area contributed by atoms with Crippen LogP contribution in [-0.4, -0.2) is 63.1 Å². The predicted octanol–water partition coefficient (Wildman–Crippen LogP) is 3.53. The average Bonchev–Trinajstić information content (AvgIpc) is 2.78. The van der Waals surface area contributed by atoms with Gasteiger partial charge in [-0.05, 0) is 35.8 Å². The molecule has 0 spiro atoms. The van der Waals surface area contributed by atoms with E-state index in [1.54, 1.807) is 32.4 Å². The Balaban J connectivity index is 1.63. The van der Waals surface area contributed by atoms with Crippen molar-refractivity contribution in [3.8, 4) is 11.5 Å². The second-order valence-electron chi connectivity index (χ2n) is 7.65. The number of hydrogen-bond acceptors (Lipinski definition) is 5. The summed E-state index contributed by atoms with van der Waals surface area (Å²) in [5, 5.41) is 3.73. The highest BCUT2D eigenvalue weighted by atomic mass is 32.2. The van der Waals surface area contributed by atoms with Crippen molar-refractivity contribution >= 4 is 33.0 Å². The van der Waals surface area contributed by atoms with Crippen molar-refractivity contribution in [3.05, 3.63) is 48.0 Å². The van der Waals surface area contributed by atoms with Gasteiger partial charge < -0.3 is 19.7 Å². The van der Waals surface area contributed by atoms with Crippen molar-refractivity contribution in [2.24, 2.45) is 0 Å². The van der Waals surface area contributed by atoms with E-state index in [9.17, 15) is 8.42 Å². The Morgan fingerprint density at radius 3 is 2.00 bits per heavy atom. The van der Waals surface area contributed by atoms with Crippen LogP contribution < -0.4 is 14.8 Å². The minimum absolute atomic E-state index is 0.328. The lowest BCUT2D eigenvalue weighted by atomic mass is 10.0. The van der Waals surface area contributed by atoms with E-state index >= 15 is 0 Å². The smallest absolute Gasteiger partial charge is 0.243 e. The Morgan fingerprint density at radius 1 is 0.968 bits per heavy atom. The van der Waals surface area contributed by atoms with Crippen molar-refractivity contribution in [1.82, 2.24) is 9.21 Å². The SMILES string of the molecule is COc1cc(NC(=S)N2CCN(S(=O)(=O)c3ccc(C(C)C)cc3)CC2)cc(OC)c1. The summed E-state index contributed by atoms with van der Waals surface area (Å²) in [5.74, 6) is 1.67. The molecule has 1 saturated heterocycles. The molecule has 0 atom stereocenters. The van der Waals surface area contributed by atoms with Crippen LogP contribution in [0.3, 0.4) is 0 Å². The van der Waals surface area contributed by atoms with Gasteiger partial charge >= 0.3 is 0 Å². The first kappa shape index (κ1) is 23.3. The van der Waals surface area contributed by atoms with E-state index in [2.05, 4.69) is 19.2 Å². The summed E-state index contributed by atoms with van der Waals surface area (Å²) >= 11 is 5.54. The number of sulfonamides is 1. The molecule has 3 rings (SSSR count). The molecule has 1 N–H and O–H groups in total. The molecular formula is C22H29N3O4S2. The summed E-state index contributed by atoms with van der Waals surface area (Å²) in [4.78, 5) is 2.30. The molecule has 2 aromatic rings. The monoisotopic (exact) mass is 463 g/mol. The number of methoxy groups -OCH3 is 2. The third kappa shape index (κ3) is 5.47. The normalized spacial score (nSPS) is 15.1. The van der Waals surface area contributed by atoms with Crippen molar-refractivity contribution in [2.75, 3.05) is 45.7 Å². The molecule has 0 aromatic heterocycles. The zero-order chi connectivity index (χ0) is 22.6. The number of anilines is 1. The lowest BCUT2D eigenvalue weighted by Gasteiger charge is -2.35. The standard InChI is InChI=1S/C22H29N3O4S2/c1-16(2)17-5-7-21(8-6-17)31(26,27)25-11-9-24(10-12-25)22(30)23-18-13-19(28-3)15-20(14-18)29-4/h5-8,13-16H,9-12H2,1-4H3,(H,23,30). The zero-order valence-corrected chi connectivity index (χ0v) is 19.9. The summed E-state index contributed by atoms with van der Waals surface area (Å²) in [7, 11) is -0.340. The van der Waals surface area contributed by atoms with E-state index < -0.39 is 10.0 Å². The highest BCUT2D eigenvalue weighted by molar-refractivity contribution is 7.89. The van der Waals surface area contributed by atoms with Crippen molar-refractivity contribution < 1.29 is 17.9 Å². The largest absolute Gasteiger partial charge is 0.497 e. The third-order valence-corrected chi connectivity index (χ3v) is 7.59. The Labute approximate surface area is 190 Å². The Kier molecular flexibility index (Phi) is 7.40. The lowest BCUT2D eigenvalue weighted by molar-refractivity contribution is 0.268. The highest BCUT2D eigenvalue weighted by Gasteiger charge is 2.29. The van der Waals surface area contributed by atoms with E-state index in [4.69, 9.17) is 21.7 Å². The van der Waals surface area contributed by atoms with Crippen LogP contribution in [0.1, 0.15) is 25.3 Å². The summed E-state index contributed by atoms with van der Waals surface area (Å²) < 4.78 is 38.1. The first-order valence-electron chi connectivity index (χ1n) is 10.1. The number of benzene rings is 2. The van der Waals surface area contributed by atoms with Crippen LogP contribution in [0, 0.1) is 0 Å². The Hall–Kier alpha value is -2.36. The fourth-order valence-corrected chi connectivity index (χ4v) is 5.11. The maximum atomic E-state index is 13.0. The van der Waals surface area contributed by atoms with Crippen LogP contribution in [0.2, 0.25) is 0 Å². The number of ether oxygens (including phenoxy) is 2. The first-order valence-corrected chi connectivity index (χ1v) is 12.0. The van der Waals surface area contributed by atoms with Gasteiger partial charge in [-0.1, -0.05) is 26.0 Å². The molecule has 9 heteroatoms. The Morgan fingerprint density at radius 2 is 1.52 bits per heavy atom. The van der Waals surface area contributed by atoms with Crippen LogP contribution in [0.25, 0.3) is 0 Å². The summed E-state index contributed by atoms with van der Waals surface area (Å²) in [5.41, 5.74) is 1.87. The van der Waals surface area contributed by atoms with E-state index in [0.717, 1.165) is 11.3 Å². The lowest BCUT2D eigenvalue weighted by Crippen LogP contribution is -2.51. The second kappa shape index (κ2) is 9.84. The summed E-state index contributed by atoms with van der Waals surface area (Å²) in [6, 6.07) is 12.6. The maximum Gasteiger partial charge on any atom is 0.243 e. The fraction of sp³-hybridized carbons (Fsp3) is 0.409. The van der Waals surface area contributed by atoms with Gasteiger partial charge in [-0.3, -0.25) is 0 Å². The van der Waals surface area contributed by atoms with Gasteiger partial charge in [0.1, 0.15) is 11.5 Å². The van der Waals surface area contributed by atoms with Crippen LogP contribution in [-0.2, 0) is 10.0 Å². The Bertz CT molecular complexity index is 993. The molecule has 0 aliphatic carbocycles. The van der Waals surface area contributed by atoms with Gasteiger partial charge in [0.2, 0.25) is 10.0 Å². The average molecular weight is 464 g/mol. The number of nitrogens with zero attached hydrogens (tertiary/aromatic N) is 2. The molecule has 31 heavy (non-hydrogen) atoms. The maximum absolute atomic E-state index is 13.0. The molecule has 0 bridgehead atoms. The van der Waals surface area contributed by atoms with Gasteiger partial charge in [0.15, 0.2) is 5.11 Å². The first-order chi connectivity index (χ1) is 14.7. The predicted molar refractivity (Wildman–Crippen MR) is 127 cm³/mol. The highest BCUT2D eigenvalue weighted by Crippen LogP contribution is 2.26. The molecule has 0 radical (unpaired) electrons. The fourth-order valence-electron chi connectivity index (χ4n) is 3.39. The van der Waals surface area contributed by atoms with Gasteiger partial charge in [0.05, 0.1) is 19.1 Å². The van der Waals surface area contributed by atoms with Crippen LogP contribution in [0.4, 0.5) is 5.69 Å². The zero-order valence-electron chi connectivity index (χ0n) is 18.3. The number of nitrogens with one attached hydrogen (secondary N) is 1. The number of hydrogen-bond donors (Lipinski definition) is 1. The van der Waals surface area contributed by atoms with Gasteiger partial charge in [-0.2, -0.15) is 4.31 Å². The number of piperazine rings is 1. The molecule has 1 aliphatic rings. The molecule has 7 nitrogen and oxygen atoms in total. The minimum Gasteiger partial charge on any atom is -0.497 e. The van der Waals surface area contributed by atoms with Crippen molar-refractivity contribution in [2.45, 2.75) is 24.7 Å². The summed E-state index contributed by atoms with van der Waals surface area (Å²) in [6.45, 7) is 5.93. The third-order valence-electron chi connectivity index (χ3n) is 5.31. The molecule has 1 heterocycles. The number of thiocarbonyl (C=S) groups is 1. The molecule has 0 unspecified atom stereocenters. The van der Waals surface area contributed by atoms with Gasteiger partial charge in [0.25, 0.3) is 0 Å². The van der Waals surface area contributed by atoms with Gasteiger partial charge in [-0.25, -0.2) is 8.42 Å². The minimum atomic E-state index is -3.52. The molecule has 0 saturated carbocycles.